The van der Waals surface area contributed by atoms with Crippen LogP contribution < -0.4 is 11.5 Å². The minimum absolute atomic E-state index is 0.119. The van der Waals surface area contributed by atoms with Crippen LogP contribution in [0.25, 0.3) is 0 Å². The van der Waals surface area contributed by atoms with Gasteiger partial charge in [0, 0.05) is 0 Å². The lowest BCUT2D eigenvalue weighted by atomic mass is 10.2. The lowest BCUT2D eigenvalue weighted by Crippen LogP contribution is -2.13. The molecule has 1 atom stereocenters. The molecular formula is C7H11N3O2. The van der Waals surface area contributed by atoms with E-state index < -0.39 is 5.91 Å². The third kappa shape index (κ3) is 1.62. The van der Waals surface area contributed by atoms with E-state index in [1.165, 1.54) is 6.26 Å². The van der Waals surface area contributed by atoms with Crippen LogP contribution in [-0.4, -0.2) is 10.9 Å². The summed E-state index contributed by atoms with van der Waals surface area (Å²) in [6.45, 7) is 1.90. The fourth-order valence-electron chi connectivity index (χ4n) is 0.746. The normalized spacial score (nSPS) is 12.8. The molecule has 12 heavy (non-hydrogen) atoms. The molecule has 5 nitrogen and oxygen atoms in total. The summed E-state index contributed by atoms with van der Waals surface area (Å²) in [5.74, 6) is -0.250. The van der Waals surface area contributed by atoms with Crippen LogP contribution in [0.15, 0.2) is 10.7 Å². The average Bonchev–Trinajstić information content (AvgIpc) is 2.51. The topological polar surface area (TPSA) is 95.1 Å². The zero-order valence-corrected chi connectivity index (χ0v) is 6.78. The van der Waals surface area contributed by atoms with Gasteiger partial charge in [-0.3, -0.25) is 4.79 Å². The molecule has 4 N–H and O–H groups in total. The maximum atomic E-state index is 10.6. The minimum atomic E-state index is -0.603. The van der Waals surface area contributed by atoms with Gasteiger partial charge in [-0.2, -0.15) is 0 Å². The van der Waals surface area contributed by atoms with Crippen molar-refractivity contribution < 1.29 is 9.21 Å². The summed E-state index contributed by atoms with van der Waals surface area (Å²) in [6, 6.07) is -0.266. The van der Waals surface area contributed by atoms with Crippen LogP contribution in [0.3, 0.4) is 0 Å². The molecule has 0 saturated carbocycles. The number of carbonyl (C=O) groups is 1. The number of nitrogens with two attached hydrogens (primary N) is 2. The van der Waals surface area contributed by atoms with Crippen LogP contribution in [-0.2, 0) is 0 Å². The minimum Gasteiger partial charge on any atom is -0.446 e. The van der Waals surface area contributed by atoms with Crippen molar-refractivity contribution in [2.24, 2.45) is 11.5 Å². The van der Waals surface area contributed by atoms with Gasteiger partial charge in [0.25, 0.3) is 5.91 Å². The second-order valence-corrected chi connectivity index (χ2v) is 2.45. The van der Waals surface area contributed by atoms with E-state index in [9.17, 15) is 4.79 Å². The fourth-order valence-corrected chi connectivity index (χ4v) is 0.746. The molecule has 0 aromatic carbocycles. The molecule has 1 aromatic rings. The van der Waals surface area contributed by atoms with Gasteiger partial charge in [-0.1, -0.05) is 6.92 Å². The van der Waals surface area contributed by atoms with Crippen molar-refractivity contribution in [3.63, 3.8) is 0 Å². The molecule has 1 aromatic heterocycles. The second-order valence-electron chi connectivity index (χ2n) is 2.45. The average molecular weight is 169 g/mol. The monoisotopic (exact) mass is 169 g/mol. The van der Waals surface area contributed by atoms with E-state index in [1.807, 2.05) is 6.92 Å². The zero-order chi connectivity index (χ0) is 9.14. The SMILES string of the molecule is CCC(N)c1nc(C(N)=O)co1. The van der Waals surface area contributed by atoms with Crippen molar-refractivity contribution in [1.82, 2.24) is 4.98 Å². The summed E-state index contributed by atoms with van der Waals surface area (Å²) < 4.78 is 4.94. The maximum absolute atomic E-state index is 10.6. The summed E-state index contributed by atoms with van der Waals surface area (Å²) in [5.41, 5.74) is 10.7. The summed E-state index contributed by atoms with van der Waals surface area (Å²) in [4.78, 5) is 14.4. The van der Waals surface area contributed by atoms with E-state index in [1.54, 1.807) is 0 Å². The van der Waals surface area contributed by atoms with E-state index in [2.05, 4.69) is 4.98 Å². The predicted molar refractivity (Wildman–Crippen MR) is 42.2 cm³/mol. The third-order valence-electron chi connectivity index (χ3n) is 1.53. The van der Waals surface area contributed by atoms with Gasteiger partial charge in [0.05, 0.1) is 6.04 Å². The molecule has 1 unspecified atom stereocenters. The largest absolute Gasteiger partial charge is 0.446 e. The van der Waals surface area contributed by atoms with Crippen LogP contribution >= 0.6 is 0 Å². The maximum Gasteiger partial charge on any atom is 0.270 e. The number of nitrogens with zero attached hydrogens (tertiary/aromatic N) is 1. The second kappa shape index (κ2) is 3.36. The van der Waals surface area contributed by atoms with Crippen LogP contribution in [0.1, 0.15) is 35.8 Å². The molecule has 0 fully saturated rings. The van der Waals surface area contributed by atoms with Gasteiger partial charge >= 0.3 is 0 Å². The smallest absolute Gasteiger partial charge is 0.270 e. The van der Waals surface area contributed by atoms with Gasteiger partial charge < -0.3 is 15.9 Å². The number of aromatic nitrogens is 1. The van der Waals surface area contributed by atoms with Crippen LogP contribution in [0.4, 0.5) is 0 Å². The Kier molecular flexibility index (Phi) is 2.44. The standard InChI is InChI=1S/C7H11N3O2/c1-2-4(8)7-10-5(3-12-7)6(9)11/h3-4H,2,8H2,1H3,(H2,9,11). The third-order valence-corrected chi connectivity index (χ3v) is 1.53. The summed E-state index contributed by atoms with van der Waals surface area (Å²) >= 11 is 0. The lowest BCUT2D eigenvalue weighted by Gasteiger charge is -2.00. The quantitative estimate of drug-likeness (QED) is 0.674. The number of carbonyl (C=O) groups excluding carboxylic acids is 1. The molecular weight excluding hydrogens is 158 g/mol. The van der Waals surface area contributed by atoms with Gasteiger partial charge in [0.15, 0.2) is 5.69 Å². The van der Waals surface area contributed by atoms with Gasteiger partial charge in [-0.25, -0.2) is 4.98 Å². The Balaban J connectivity index is 2.84. The van der Waals surface area contributed by atoms with Crippen molar-refractivity contribution in [3.05, 3.63) is 17.8 Å². The van der Waals surface area contributed by atoms with E-state index in [0.717, 1.165) is 0 Å². The lowest BCUT2D eigenvalue weighted by molar-refractivity contribution is 0.0995. The summed E-state index contributed by atoms with van der Waals surface area (Å²) in [7, 11) is 0. The Morgan fingerprint density at radius 2 is 2.50 bits per heavy atom. The molecule has 1 amide bonds. The first-order valence-electron chi connectivity index (χ1n) is 3.66. The number of amides is 1. The first-order valence-corrected chi connectivity index (χ1v) is 3.66. The van der Waals surface area contributed by atoms with Crippen molar-refractivity contribution in [3.8, 4) is 0 Å². The molecule has 0 aliphatic carbocycles. The van der Waals surface area contributed by atoms with Gasteiger partial charge in [-0.05, 0) is 6.42 Å². The molecule has 0 saturated heterocycles. The molecule has 0 spiro atoms. The van der Waals surface area contributed by atoms with Gasteiger partial charge in [0.2, 0.25) is 5.89 Å². The highest BCUT2D eigenvalue weighted by Gasteiger charge is 2.12. The molecule has 66 valence electrons. The van der Waals surface area contributed by atoms with Gasteiger partial charge in [-0.15, -0.1) is 0 Å². The number of rotatable bonds is 3. The van der Waals surface area contributed by atoms with Crippen molar-refractivity contribution in [2.45, 2.75) is 19.4 Å². The number of hydrogen-bond donors (Lipinski definition) is 2. The van der Waals surface area contributed by atoms with E-state index >= 15 is 0 Å². The van der Waals surface area contributed by atoms with Crippen molar-refractivity contribution in [2.75, 3.05) is 0 Å². The Morgan fingerprint density at radius 1 is 1.83 bits per heavy atom. The number of hydrogen-bond acceptors (Lipinski definition) is 4. The first kappa shape index (κ1) is 8.73. The summed E-state index contributed by atoms with van der Waals surface area (Å²) in [6.07, 6.45) is 1.92. The van der Waals surface area contributed by atoms with Crippen LogP contribution in [0.2, 0.25) is 0 Å². The zero-order valence-electron chi connectivity index (χ0n) is 6.78. The number of primary amides is 1. The molecule has 0 bridgehead atoms. The van der Waals surface area contributed by atoms with Crippen molar-refractivity contribution >= 4 is 5.91 Å². The van der Waals surface area contributed by atoms with Crippen LogP contribution in [0, 0.1) is 0 Å². The Morgan fingerprint density at radius 3 is 2.92 bits per heavy atom. The molecule has 1 heterocycles. The molecule has 0 aliphatic rings. The van der Waals surface area contributed by atoms with Crippen molar-refractivity contribution in [1.29, 1.82) is 0 Å². The van der Waals surface area contributed by atoms with Crippen LogP contribution in [0.5, 0.6) is 0 Å². The Labute approximate surface area is 69.7 Å². The highest BCUT2D eigenvalue weighted by atomic mass is 16.3. The van der Waals surface area contributed by atoms with Gasteiger partial charge in [0.1, 0.15) is 6.26 Å². The van der Waals surface area contributed by atoms with E-state index in [4.69, 9.17) is 15.9 Å². The highest BCUT2D eigenvalue weighted by molar-refractivity contribution is 5.90. The van der Waals surface area contributed by atoms with E-state index in [-0.39, 0.29) is 11.7 Å². The molecule has 0 aliphatic heterocycles. The Hall–Kier alpha value is -1.36. The summed E-state index contributed by atoms with van der Waals surface area (Å²) in [5, 5.41) is 0. The fraction of sp³-hybridized carbons (Fsp3) is 0.429. The Bertz CT molecular complexity index is 282. The first-order chi connectivity index (χ1) is 5.65. The highest BCUT2D eigenvalue weighted by Crippen LogP contribution is 2.12. The molecule has 0 radical (unpaired) electrons. The predicted octanol–water partition coefficient (Wildman–Crippen LogP) is 0.183. The van der Waals surface area contributed by atoms with E-state index in [0.29, 0.717) is 12.3 Å². The number of oxazole rings is 1. The molecule has 1 rings (SSSR count). The molecule has 5 heteroatoms.